The molecule has 1 aliphatic rings. The SMILES string of the molecule is O[C@H]1CCCC[C@@H]1c1ccc(Oc2ccccc2)cc1. The van der Waals surface area contributed by atoms with Crippen LogP contribution >= 0.6 is 0 Å². The van der Waals surface area contributed by atoms with Crippen molar-refractivity contribution in [3.63, 3.8) is 0 Å². The van der Waals surface area contributed by atoms with Crippen LogP contribution in [0.15, 0.2) is 54.6 Å². The van der Waals surface area contributed by atoms with Crippen molar-refractivity contribution in [3.8, 4) is 11.5 Å². The van der Waals surface area contributed by atoms with Gasteiger partial charge in [0.05, 0.1) is 6.10 Å². The van der Waals surface area contributed by atoms with Crippen LogP contribution < -0.4 is 4.74 Å². The highest BCUT2D eigenvalue weighted by Crippen LogP contribution is 2.34. The molecule has 20 heavy (non-hydrogen) atoms. The van der Waals surface area contributed by atoms with E-state index in [0.29, 0.717) is 0 Å². The van der Waals surface area contributed by atoms with Crippen LogP contribution in [0.2, 0.25) is 0 Å². The third-order valence-corrected chi connectivity index (χ3v) is 4.02. The Hall–Kier alpha value is -1.80. The van der Waals surface area contributed by atoms with Gasteiger partial charge in [-0.05, 0) is 42.7 Å². The number of benzene rings is 2. The van der Waals surface area contributed by atoms with Gasteiger partial charge in [-0.2, -0.15) is 0 Å². The van der Waals surface area contributed by atoms with Gasteiger partial charge >= 0.3 is 0 Å². The minimum atomic E-state index is -0.190. The van der Waals surface area contributed by atoms with E-state index in [2.05, 4.69) is 12.1 Å². The Morgan fingerprint density at radius 3 is 2.15 bits per heavy atom. The molecule has 3 rings (SSSR count). The van der Waals surface area contributed by atoms with E-state index in [1.807, 2.05) is 42.5 Å². The first-order valence-electron chi connectivity index (χ1n) is 7.34. The molecular weight excluding hydrogens is 248 g/mol. The fourth-order valence-electron chi connectivity index (χ4n) is 2.91. The summed E-state index contributed by atoms with van der Waals surface area (Å²) in [5, 5.41) is 10.1. The van der Waals surface area contributed by atoms with Crippen LogP contribution in [0.5, 0.6) is 11.5 Å². The molecule has 0 saturated heterocycles. The van der Waals surface area contributed by atoms with Crippen molar-refractivity contribution >= 4 is 0 Å². The first kappa shape index (κ1) is 13.2. The third-order valence-electron chi connectivity index (χ3n) is 4.02. The molecule has 0 amide bonds. The van der Waals surface area contributed by atoms with Crippen molar-refractivity contribution in [2.24, 2.45) is 0 Å². The van der Waals surface area contributed by atoms with Crippen molar-refractivity contribution in [2.45, 2.75) is 37.7 Å². The largest absolute Gasteiger partial charge is 0.457 e. The van der Waals surface area contributed by atoms with E-state index in [1.54, 1.807) is 0 Å². The van der Waals surface area contributed by atoms with Gasteiger partial charge in [-0.25, -0.2) is 0 Å². The Kier molecular flexibility index (Phi) is 4.03. The molecule has 1 saturated carbocycles. The van der Waals surface area contributed by atoms with Crippen LogP contribution in [0.3, 0.4) is 0 Å². The highest BCUT2D eigenvalue weighted by atomic mass is 16.5. The second-order valence-corrected chi connectivity index (χ2v) is 5.44. The number of para-hydroxylation sites is 1. The molecule has 2 nitrogen and oxygen atoms in total. The summed E-state index contributed by atoms with van der Waals surface area (Å²) >= 11 is 0. The Morgan fingerprint density at radius 1 is 0.800 bits per heavy atom. The van der Waals surface area contributed by atoms with Crippen molar-refractivity contribution in [1.82, 2.24) is 0 Å². The Morgan fingerprint density at radius 2 is 1.45 bits per heavy atom. The van der Waals surface area contributed by atoms with Crippen LogP contribution in [0, 0.1) is 0 Å². The van der Waals surface area contributed by atoms with Gasteiger partial charge in [0.25, 0.3) is 0 Å². The molecule has 2 atom stereocenters. The fourth-order valence-corrected chi connectivity index (χ4v) is 2.91. The number of aliphatic hydroxyl groups excluding tert-OH is 1. The molecule has 0 aliphatic heterocycles. The minimum Gasteiger partial charge on any atom is -0.457 e. The van der Waals surface area contributed by atoms with Gasteiger partial charge in [0.2, 0.25) is 0 Å². The monoisotopic (exact) mass is 268 g/mol. The maximum atomic E-state index is 10.1. The predicted octanol–water partition coefficient (Wildman–Crippen LogP) is 4.50. The van der Waals surface area contributed by atoms with Gasteiger partial charge in [-0.1, -0.05) is 43.2 Å². The van der Waals surface area contributed by atoms with Gasteiger partial charge < -0.3 is 9.84 Å². The van der Waals surface area contributed by atoms with Gasteiger partial charge in [0.15, 0.2) is 0 Å². The standard InChI is InChI=1S/C18H20O2/c19-18-9-5-4-8-17(18)14-10-12-16(13-11-14)20-15-6-2-1-3-7-15/h1-3,6-7,10-13,17-19H,4-5,8-9H2/t17-,18+/m1/s1. The van der Waals surface area contributed by atoms with Crippen LogP contribution in [0.25, 0.3) is 0 Å². The summed E-state index contributed by atoms with van der Waals surface area (Å²) in [7, 11) is 0. The van der Waals surface area contributed by atoms with E-state index < -0.39 is 0 Å². The van der Waals surface area contributed by atoms with Crippen LogP contribution in [-0.2, 0) is 0 Å². The maximum Gasteiger partial charge on any atom is 0.127 e. The molecule has 0 spiro atoms. The second kappa shape index (κ2) is 6.10. The lowest BCUT2D eigenvalue weighted by Crippen LogP contribution is -2.22. The molecule has 0 bridgehead atoms. The zero-order valence-electron chi connectivity index (χ0n) is 11.5. The molecule has 0 aromatic heterocycles. The predicted molar refractivity (Wildman–Crippen MR) is 80.2 cm³/mol. The first-order valence-corrected chi connectivity index (χ1v) is 7.34. The van der Waals surface area contributed by atoms with Crippen LogP contribution in [0.1, 0.15) is 37.2 Å². The molecule has 0 radical (unpaired) electrons. The summed E-state index contributed by atoms with van der Waals surface area (Å²) in [6.45, 7) is 0. The fraction of sp³-hybridized carbons (Fsp3) is 0.333. The zero-order chi connectivity index (χ0) is 13.8. The molecule has 2 heteroatoms. The summed E-state index contributed by atoms with van der Waals surface area (Å²) in [5.41, 5.74) is 1.22. The van der Waals surface area contributed by atoms with E-state index in [0.717, 1.165) is 30.8 Å². The molecular formula is C18H20O2. The molecule has 0 heterocycles. The van der Waals surface area contributed by atoms with E-state index >= 15 is 0 Å². The summed E-state index contributed by atoms with van der Waals surface area (Å²) in [6, 6.07) is 17.9. The van der Waals surface area contributed by atoms with E-state index in [1.165, 1.54) is 12.0 Å². The van der Waals surface area contributed by atoms with Crippen LogP contribution in [0.4, 0.5) is 0 Å². The lowest BCUT2D eigenvalue weighted by atomic mass is 9.82. The maximum absolute atomic E-state index is 10.1. The van der Waals surface area contributed by atoms with Crippen molar-refractivity contribution < 1.29 is 9.84 Å². The second-order valence-electron chi connectivity index (χ2n) is 5.44. The Labute approximate surface area is 120 Å². The number of hydrogen-bond acceptors (Lipinski definition) is 2. The summed E-state index contributed by atoms with van der Waals surface area (Å²) in [5.74, 6) is 1.97. The van der Waals surface area contributed by atoms with Crippen molar-refractivity contribution in [2.75, 3.05) is 0 Å². The van der Waals surface area contributed by atoms with Gasteiger partial charge in [-0.3, -0.25) is 0 Å². The van der Waals surface area contributed by atoms with E-state index in [-0.39, 0.29) is 12.0 Å². The molecule has 0 unspecified atom stereocenters. The van der Waals surface area contributed by atoms with Crippen molar-refractivity contribution in [3.05, 3.63) is 60.2 Å². The van der Waals surface area contributed by atoms with Gasteiger partial charge in [0.1, 0.15) is 11.5 Å². The third kappa shape index (κ3) is 3.02. The molecule has 1 aliphatic carbocycles. The highest BCUT2D eigenvalue weighted by Gasteiger charge is 2.24. The summed E-state index contributed by atoms with van der Waals surface area (Å²) in [4.78, 5) is 0. The average molecular weight is 268 g/mol. The topological polar surface area (TPSA) is 29.5 Å². The number of rotatable bonds is 3. The Balaban J connectivity index is 1.71. The molecule has 1 fully saturated rings. The van der Waals surface area contributed by atoms with E-state index in [4.69, 9.17) is 4.74 Å². The first-order chi connectivity index (χ1) is 9.83. The zero-order valence-corrected chi connectivity index (χ0v) is 11.5. The minimum absolute atomic E-state index is 0.190. The molecule has 2 aromatic carbocycles. The highest BCUT2D eigenvalue weighted by molar-refractivity contribution is 5.34. The molecule has 104 valence electrons. The lowest BCUT2D eigenvalue weighted by Gasteiger charge is -2.28. The smallest absolute Gasteiger partial charge is 0.127 e. The van der Waals surface area contributed by atoms with Gasteiger partial charge in [0, 0.05) is 5.92 Å². The van der Waals surface area contributed by atoms with Crippen molar-refractivity contribution in [1.29, 1.82) is 0 Å². The average Bonchev–Trinajstić information content (AvgIpc) is 2.50. The Bertz CT molecular complexity index is 533. The van der Waals surface area contributed by atoms with Crippen LogP contribution in [-0.4, -0.2) is 11.2 Å². The van der Waals surface area contributed by atoms with E-state index in [9.17, 15) is 5.11 Å². The summed E-state index contributed by atoms with van der Waals surface area (Å²) in [6.07, 6.45) is 4.17. The number of aliphatic hydroxyl groups is 1. The number of ether oxygens (including phenoxy) is 1. The number of hydrogen-bond donors (Lipinski definition) is 1. The molecule has 2 aromatic rings. The normalized spacial score (nSPS) is 22.4. The quantitative estimate of drug-likeness (QED) is 0.888. The molecule has 1 N–H and O–H groups in total. The van der Waals surface area contributed by atoms with Gasteiger partial charge in [-0.15, -0.1) is 0 Å². The summed E-state index contributed by atoms with van der Waals surface area (Å²) < 4.78 is 5.79. The lowest BCUT2D eigenvalue weighted by molar-refractivity contribution is 0.106.